The number of nitrogens with zero attached hydrogens (tertiary/aromatic N) is 1. The number of para-hydroxylation sites is 2. The first-order valence-corrected chi connectivity index (χ1v) is 9.94. The average molecular weight is 442 g/mol. The number of ketones is 1. The number of nitrogens with one attached hydrogen (secondary N) is 1. The summed E-state index contributed by atoms with van der Waals surface area (Å²) in [6, 6.07) is 11.2. The van der Waals surface area contributed by atoms with Crippen LogP contribution in [0.1, 0.15) is 36.3 Å². The standard InChI is InChI=1S/C23H17F3N2O4/c24-23(25,26)22(30)28-16-6-2-1-5-14(16)27-15-11-13(18-7-3-9-31-18)12-17(29)20(15)21(28)19-8-4-10-32-19/h1-10,13,21,27H,11-12H2. The van der Waals surface area contributed by atoms with E-state index in [9.17, 15) is 22.8 Å². The molecule has 3 aromatic rings. The highest BCUT2D eigenvalue weighted by Crippen LogP contribution is 2.48. The molecular formula is C23H17F3N2O4. The number of hydrogen-bond donors (Lipinski definition) is 1. The van der Waals surface area contributed by atoms with Crippen molar-refractivity contribution in [3.8, 4) is 0 Å². The van der Waals surface area contributed by atoms with Crippen molar-refractivity contribution < 1.29 is 31.6 Å². The number of benzene rings is 1. The van der Waals surface area contributed by atoms with E-state index in [4.69, 9.17) is 8.83 Å². The molecule has 0 spiro atoms. The van der Waals surface area contributed by atoms with Gasteiger partial charge < -0.3 is 14.2 Å². The zero-order chi connectivity index (χ0) is 22.5. The monoisotopic (exact) mass is 442 g/mol. The minimum Gasteiger partial charge on any atom is -0.469 e. The molecule has 0 saturated carbocycles. The number of Topliss-reactive ketones (excluding diaryl/α,β-unsaturated/α-hetero) is 1. The lowest BCUT2D eigenvalue weighted by atomic mass is 9.81. The molecule has 0 bridgehead atoms. The van der Waals surface area contributed by atoms with Gasteiger partial charge in [0.2, 0.25) is 0 Å². The number of allylic oxidation sites excluding steroid dienone is 1. The summed E-state index contributed by atoms with van der Waals surface area (Å²) in [5.74, 6) is -2.06. The van der Waals surface area contributed by atoms with E-state index in [1.165, 1.54) is 36.8 Å². The molecule has 3 heterocycles. The lowest BCUT2D eigenvalue weighted by molar-refractivity contribution is -0.171. The number of carbonyl (C=O) groups is 2. The summed E-state index contributed by atoms with van der Waals surface area (Å²) in [4.78, 5) is 26.6. The van der Waals surface area contributed by atoms with Gasteiger partial charge in [-0.3, -0.25) is 14.5 Å². The molecule has 164 valence electrons. The Hall–Kier alpha value is -3.75. The second kappa shape index (κ2) is 7.44. The number of furan rings is 2. The molecule has 0 fully saturated rings. The normalized spacial score (nSPS) is 21.0. The first kappa shape index (κ1) is 20.2. The maximum absolute atomic E-state index is 13.7. The van der Waals surface area contributed by atoms with Gasteiger partial charge in [0.1, 0.15) is 17.6 Å². The third kappa shape index (κ3) is 3.30. The predicted molar refractivity (Wildman–Crippen MR) is 108 cm³/mol. The van der Waals surface area contributed by atoms with E-state index in [2.05, 4.69) is 5.32 Å². The predicted octanol–water partition coefficient (Wildman–Crippen LogP) is 5.34. The van der Waals surface area contributed by atoms with Crippen LogP contribution in [0, 0.1) is 0 Å². The Morgan fingerprint density at radius 2 is 1.66 bits per heavy atom. The zero-order valence-corrected chi connectivity index (χ0v) is 16.6. The molecule has 32 heavy (non-hydrogen) atoms. The van der Waals surface area contributed by atoms with Gasteiger partial charge in [0, 0.05) is 23.6 Å². The first-order valence-electron chi connectivity index (χ1n) is 9.94. The minimum atomic E-state index is -5.16. The van der Waals surface area contributed by atoms with Crippen LogP contribution in [0.15, 0.2) is 81.2 Å². The number of fused-ring (bicyclic) bond motifs is 1. The quantitative estimate of drug-likeness (QED) is 0.580. The van der Waals surface area contributed by atoms with Crippen LogP contribution in [0.3, 0.4) is 0 Å². The molecule has 1 N–H and O–H groups in total. The molecule has 2 unspecified atom stereocenters. The molecule has 2 atom stereocenters. The van der Waals surface area contributed by atoms with Crippen molar-refractivity contribution in [2.45, 2.75) is 31.0 Å². The van der Waals surface area contributed by atoms with Gasteiger partial charge in [0.15, 0.2) is 5.78 Å². The van der Waals surface area contributed by atoms with Crippen LogP contribution in [0.4, 0.5) is 24.5 Å². The van der Waals surface area contributed by atoms with Crippen LogP contribution >= 0.6 is 0 Å². The number of halogens is 3. The van der Waals surface area contributed by atoms with E-state index in [1.807, 2.05) is 0 Å². The fourth-order valence-corrected chi connectivity index (χ4v) is 4.39. The molecule has 2 aliphatic rings. The molecule has 6 nitrogen and oxygen atoms in total. The first-order chi connectivity index (χ1) is 15.3. The van der Waals surface area contributed by atoms with Crippen molar-refractivity contribution in [2.24, 2.45) is 0 Å². The fraction of sp³-hybridized carbons (Fsp3) is 0.217. The van der Waals surface area contributed by atoms with E-state index >= 15 is 0 Å². The van der Waals surface area contributed by atoms with E-state index in [0.717, 1.165) is 0 Å². The summed E-state index contributed by atoms with van der Waals surface area (Å²) < 4.78 is 52.0. The number of amides is 1. The third-order valence-electron chi connectivity index (χ3n) is 5.71. The second-order valence-electron chi connectivity index (χ2n) is 7.67. The lowest BCUT2D eigenvalue weighted by Gasteiger charge is -2.33. The Bertz CT molecular complexity index is 1200. The van der Waals surface area contributed by atoms with Gasteiger partial charge in [-0.1, -0.05) is 12.1 Å². The van der Waals surface area contributed by atoms with Gasteiger partial charge in [0.05, 0.1) is 23.9 Å². The van der Waals surface area contributed by atoms with Gasteiger partial charge in [-0.2, -0.15) is 13.2 Å². The third-order valence-corrected chi connectivity index (χ3v) is 5.71. The molecule has 1 aliphatic carbocycles. The number of anilines is 2. The maximum Gasteiger partial charge on any atom is 0.471 e. The van der Waals surface area contributed by atoms with Crippen molar-refractivity contribution in [1.82, 2.24) is 0 Å². The van der Waals surface area contributed by atoms with E-state index in [0.29, 0.717) is 28.5 Å². The zero-order valence-electron chi connectivity index (χ0n) is 16.6. The van der Waals surface area contributed by atoms with Gasteiger partial charge in [-0.25, -0.2) is 0 Å². The van der Waals surface area contributed by atoms with Crippen LogP contribution in [0.25, 0.3) is 0 Å². The Kier molecular flexibility index (Phi) is 4.69. The summed E-state index contributed by atoms with van der Waals surface area (Å²) in [6.07, 6.45) is -1.98. The number of hydrogen-bond acceptors (Lipinski definition) is 5. The molecule has 0 radical (unpaired) electrons. The summed E-state index contributed by atoms with van der Waals surface area (Å²) in [5.41, 5.74) is 0.818. The largest absolute Gasteiger partial charge is 0.471 e. The smallest absolute Gasteiger partial charge is 0.469 e. The Morgan fingerprint density at radius 1 is 0.969 bits per heavy atom. The fourth-order valence-electron chi connectivity index (χ4n) is 4.39. The van der Waals surface area contributed by atoms with E-state index in [1.54, 1.807) is 24.3 Å². The van der Waals surface area contributed by atoms with Crippen molar-refractivity contribution in [1.29, 1.82) is 0 Å². The molecule has 2 aromatic heterocycles. The molecule has 5 rings (SSSR count). The van der Waals surface area contributed by atoms with Gasteiger partial charge >= 0.3 is 12.1 Å². The Balaban J connectivity index is 1.73. The molecule has 1 aromatic carbocycles. The highest BCUT2D eigenvalue weighted by atomic mass is 19.4. The number of carbonyl (C=O) groups excluding carboxylic acids is 2. The Labute approximate surface area is 180 Å². The highest BCUT2D eigenvalue weighted by Gasteiger charge is 2.50. The molecular weight excluding hydrogens is 425 g/mol. The van der Waals surface area contributed by atoms with Gasteiger partial charge in [-0.15, -0.1) is 0 Å². The Morgan fingerprint density at radius 3 is 2.31 bits per heavy atom. The van der Waals surface area contributed by atoms with Crippen LogP contribution < -0.4 is 10.2 Å². The molecule has 1 amide bonds. The molecule has 9 heteroatoms. The molecule has 0 saturated heterocycles. The number of alkyl halides is 3. The van der Waals surface area contributed by atoms with Crippen molar-refractivity contribution >= 4 is 23.1 Å². The van der Waals surface area contributed by atoms with E-state index in [-0.39, 0.29) is 35.1 Å². The van der Waals surface area contributed by atoms with Crippen LogP contribution in [-0.4, -0.2) is 17.9 Å². The summed E-state index contributed by atoms with van der Waals surface area (Å²) in [7, 11) is 0. The van der Waals surface area contributed by atoms with Gasteiger partial charge in [-0.05, 0) is 42.8 Å². The number of rotatable bonds is 2. The van der Waals surface area contributed by atoms with Crippen molar-refractivity contribution in [3.05, 3.63) is 83.8 Å². The van der Waals surface area contributed by atoms with Crippen LogP contribution in [0.5, 0.6) is 0 Å². The molecule has 1 aliphatic heterocycles. The summed E-state index contributed by atoms with van der Waals surface area (Å²) >= 11 is 0. The highest BCUT2D eigenvalue weighted by molar-refractivity contribution is 6.07. The average Bonchev–Trinajstić information content (AvgIpc) is 3.44. The maximum atomic E-state index is 13.7. The minimum absolute atomic E-state index is 0.00738. The van der Waals surface area contributed by atoms with E-state index < -0.39 is 18.1 Å². The van der Waals surface area contributed by atoms with Crippen LogP contribution in [0.2, 0.25) is 0 Å². The van der Waals surface area contributed by atoms with Crippen LogP contribution in [-0.2, 0) is 9.59 Å². The SMILES string of the molecule is O=C1CC(c2ccco2)CC2=C1C(c1ccco1)N(C(=O)C(F)(F)F)c1ccccc1N2. The summed E-state index contributed by atoms with van der Waals surface area (Å²) in [6.45, 7) is 0. The van der Waals surface area contributed by atoms with Crippen molar-refractivity contribution in [3.63, 3.8) is 0 Å². The summed E-state index contributed by atoms with van der Waals surface area (Å²) in [5, 5.41) is 3.13. The second-order valence-corrected chi connectivity index (χ2v) is 7.67. The lowest BCUT2D eigenvalue weighted by Crippen LogP contribution is -2.45. The topological polar surface area (TPSA) is 75.7 Å². The van der Waals surface area contributed by atoms with Gasteiger partial charge in [0.25, 0.3) is 0 Å². The van der Waals surface area contributed by atoms with Crippen molar-refractivity contribution in [2.75, 3.05) is 10.2 Å².